The Hall–Kier alpha value is -3.32. The van der Waals surface area contributed by atoms with Crippen molar-refractivity contribution < 1.29 is 4.74 Å². The number of pyridine rings is 3. The molecular formula is C23H24N6O. The highest BCUT2D eigenvalue weighted by atomic mass is 16.5. The van der Waals surface area contributed by atoms with E-state index in [1.807, 2.05) is 35.0 Å². The maximum Gasteiger partial charge on any atom is 0.217 e. The highest BCUT2D eigenvalue weighted by Gasteiger charge is 2.25. The molecule has 1 aliphatic rings. The molecule has 30 heavy (non-hydrogen) atoms. The molecule has 4 aromatic rings. The Morgan fingerprint density at radius 1 is 1.07 bits per heavy atom. The van der Waals surface area contributed by atoms with E-state index >= 15 is 0 Å². The predicted molar refractivity (Wildman–Crippen MR) is 114 cm³/mol. The van der Waals surface area contributed by atoms with Gasteiger partial charge in [-0.3, -0.25) is 9.88 Å². The number of piperidine rings is 1. The lowest BCUT2D eigenvalue weighted by atomic mass is 9.97. The van der Waals surface area contributed by atoms with Gasteiger partial charge < -0.3 is 4.74 Å². The summed E-state index contributed by atoms with van der Waals surface area (Å²) in [6, 6.07) is 12.2. The molecule has 7 heteroatoms. The van der Waals surface area contributed by atoms with E-state index in [-0.39, 0.29) is 0 Å². The number of ether oxygens (including phenoxy) is 1. The zero-order valence-electron chi connectivity index (χ0n) is 17.0. The molecule has 5 rings (SSSR count). The zero-order valence-corrected chi connectivity index (χ0v) is 17.0. The standard InChI is InChI=1S/C23H24N6O/c1-30-23-20(4-2-10-25-23)15-28-13-3-5-19(14-28)22-26-21-7-6-18(16-29(21)27-22)17-8-11-24-12-9-17/h2,4,6-12,16,19H,3,5,13-15H2,1H3/t19-/m0/s1. The summed E-state index contributed by atoms with van der Waals surface area (Å²) in [5.41, 5.74) is 4.23. The van der Waals surface area contributed by atoms with Crippen molar-refractivity contribution in [1.82, 2.24) is 29.5 Å². The molecule has 0 aliphatic carbocycles. The van der Waals surface area contributed by atoms with Crippen molar-refractivity contribution >= 4 is 5.65 Å². The summed E-state index contributed by atoms with van der Waals surface area (Å²) in [4.78, 5) is 15.7. The zero-order chi connectivity index (χ0) is 20.3. The van der Waals surface area contributed by atoms with Crippen LogP contribution in [-0.4, -0.2) is 49.7 Å². The van der Waals surface area contributed by atoms with Gasteiger partial charge in [0.2, 0.25) is 5.88 Å². The van der Waals surface area contributed by atoms with Crippen molar-refractivity contribution in [3.63, 3.8) is 0 Å². The van der Waals surface area contributed by atoms with Crippen LogP contribution in [0.1, 0.15) is 30.1 Å². The fraction of sp³-hybridized carbons (Fsp3) is 0.304. The smallest absolute Gasteiger partial charge is 0.217 e. The maximum atomic E-state index is 5.42. The number of nitrogens with zero attached hydrogens (tertiary/aromatic N) is 6. The number of hydrogen-bond acceptors (Lipinski definition) is 6. The summed E-state index contributed by atoms with van der Waals surface area (Å²) in [5.74, 6) is 1.95. The van der Waals surface area contributed by atoms with E-state index in [2.05, 4.69) is 27.0 Å². The predicted octanol–water partition coefficient (Wildman–Crippen LogP) is 3.57. The molecule has 0 bridgehead atoms. The van der Waals surface area contributed by atoms with Gasteiger partial charge in [0.1, 0.15) is 0 Å². The van der Waals surface area contributed by atoms with Crippen LogP contribution < -0.4 is 4.74 Å². The summed E-state index contributed by atoms with van der Waals surface area (Å²) in [7, 11) is 1.67. The van der Waals surface area contributed by atoms with Crippen LogP contribution in [0, 0.1) is 0 Å². The third-order valence-electron chi connectivity index (χ3n) is 5.67. The lowest BCUT2D eigenvalue weighted by Crippen LogP contribution is -2.34. The Labute approximate surface area is 175 Å². The second kappa shape index (κ2) is 8.20. The normalized spacial score (nSPS) is 17.3. The lowest BCUT2D eigenvalue weighted by Gasteiger charge is -2.31. The van der Waals surface area contributed by atoms with E-state index in [1.54, 1.807) is 25.7 Å². The first kappa shape index (κ1) is 18.7. The van der Waals surface area contributed by atoms with Crippen molar-refractivity contribution in [2.24, 2.45) is 0 Å². The molecule has 152 valence electrons. The SMILES string of the molecule is COc1ncccc1CN1CCC[C@H](c2nc3ccc(-c4ccncc4)cn3n2)C1. The highest BCUT2D eigenvalue weighted by molar-refractivity contribution is 5.63. The minimum absolute atomic E-state index is 0.325. The van der Waals surface area contributed by atoms with Crippen LogP contribution in [0.4, 0.5) is 0 Å². The molecule has 0 amide bonds. The molecule has 0 N–H and O–H groups in total. The molecule has 1 saturated heterocycles. The fourth-order valence-electron chi connectivity index (χ4n) is 4.17. The summed E-state index contributed by atoms with van der Waals surface area (Å²) in [5, 5.41) is 4.82. The van der Waals surface area contributed by atoms with Gasteiger partial charge in [-0.25, -0.2) is 14.5 Å². The topological polar surface area (TPSA) is 68.4 Å². The van der Waals surface area contributed by atoms with E-state index in [9.17, 15) is 0 Å². The quantitative estimate of drug-likeness (QED) is 0.510. The monoisotopic (exact) mass is 400 g/mol. The first-order valence-corrected chi connectivity index (χ1v) is 10.3. The third kappa shape index (κ3) is 3.76. The molecule has 1 fully saturated rings. The first-order chi connectivity index (χ1) is 14.8. The average molecular weight is 400 g/mol. The minimum atomic E-state index is 0.325. The molecule has 4 aromatic heterocycles. The Morgan fingerprint density at radius 3 is 2.83 bits per heavy atom. The van der Waals surface area contributed by atoms with Gasteiger partial charge in [0.25, 0.3) is 0 Å². The summed E-state index contributed by atoms with van der Waals surface area (Å²) < 4.78 is 7.31. The Kier molecular flexibility index (Phi) is 5.11. The number of fused-ring (bicyclic) bond motifs is 1. The molecule has 0 saturated carbocycles. The van der Waals surface area contributed by atoms with Gasteiger partial charge in [-0.05, 0) is 55.3 Å². The maximum absolute atomic E-state index is 5.42. The number of methoxy groups -OCH3 is 1. The second-order valence-corrected chi connectivity index (χ2v) is 7.67. The van der Waals surface area contributed by atoms with Gasteiger partial charge in [0.15, 0.2) is 11.5 Å². The lowest BCUT2D eigenvalue weighted by molar-refractivity contribution is 0.194. The number of aromatic nitrogens is 5. The van der Waals surface area contributed by atoms with Gasteiger partial charge in [0.05, 0.1) is 7.11 Å². The van der Waals surface area contributed by atoms with Crippen LogP contribution in [0.15, 0.2) is 61.2 Å². The molecule has 1 atom stereocenters. The van der Waals surface area contributed by atoms with E-state index in [0.717, 1.165) is 60.6 Å². The molecule has 0 aromatic carbocycles. The molecule has 1 aliphatic heterocycles. The third-order valence-corrected chi connectivity index (χ3v) is 5.67. The van der Waals surface area contributed by atoms with Gasteiger partial charge in [0, 0.05) is 54.9 Å². The largest absolute Gasteiger partial charge is 0.481 e. The Bertz CT molecular complexity index is 1140. The van der Waals surface area contributed by atoms with E-state index in [4.69, 9.17) is 14.8 Å². The Balaban J connectivity index is 1.36. The van der Waals surface area contributed by atoms with E-state index in [0.29, 0.717) is 11.8 Å². The molecule has 0 spiro atoms. The van der Waals surface area contributed by atoms with E-state index in [1.165, 1.54) is 0 Å². The van der Waals surface area contributed by atoms with Crippen molar-refractivity contribution in [3.8, 4) is 17.0 Å². The van der Waals surface area contributed by atoms with Gasteiger partial charge in [-0.1, -0.05) is 6.07 Å². The molecule has 0 unspecified atom stereocenters. The van der Waals surface area contributed by atoms with Crippen molar-refractivity contribution in [1.29, 1.82) is 0 Å². The number of likely N-dealkylation sites (tertiary alicyclic amines) is 1. The minimum Gasteiger partial charge on any atom is -0.481 e. The van der Waals surface area contributed by atoms with Crippen molar-refractivity contribution in [3.05, 3.63) is 72.6 Å². The van der Waals surface area contributed by atoms with Crippen molar-refractivity contribution in [2.75, 3.05) is 20.2 Å². The van der Waals surface area contributed by atoms with Gasteiger partial charge in [-0.15, -0.1) is 0 Å². The van der Waals surface area contributed by atoms with Crippen molar-refractivity contribution in [2.45, 2.75) is 25.3 Å². The molecule has 7 nitrogen and oxygen atoms in total. The summed E-state index contributed by atoms with van der Waals surface area (Å²) in [6.07, 6.45) is 9.66. The first-order valence-electron chi connectivity index (χ1n) is 10.3. The van der Waals surface area contributed by atoms with Crippen LogP contribution in [0.25, 0.3) is 16.8 Å². The van der Waals surface area contributed by atoms with Crippen LogP contribution >= 0.6 is 0 Å². The van der Waals surface area contributed by atoms with Crippen LogP contribution in [0.3, 0.4) is 0 Å². The van der Waals surface area contributed by atoms with Gasteiger partial charge >= 0.3 is 0 Å². The highest BCUT2D eigenvalue weighted by Crippen LogP contribution is 2.28. The van der Waals surface area contributed by atoms with Crippen LogP contribution in [0.2, 0.25) is 0 Å². The summed E-state index contributed by atoms with van der Waals surface area (Å²) >= 11 is 0. The molecule has 0 radical (unpaired) electrons. The second-order valence-electron chi connectivity index (χ2n) is 7.67. The average Bonchev–Trinajstić information content (AvgIpc) is 3.24. The number of rotatable bonds is 5. The van der Waals surface area contributed by atoms with Crippen LogP contribution in [-0.2, 0) is 6.54 Å². The van der Waals surface area contributed by atoms with E-state index < -0.39 is 0 Å². The fourth-order valence-corrected chi connectivity index (χ4v) is 4.17. The molecular weight excluding hydrogens is 376 g/mol. The van der Waals surface area contributed by atoms with Crippen LogP contribution in [0.5, 0.6) is 5.88 Å². The number of hydrogen-bond donors (Lipinski definition) is 0. The molecule has 5 heterocycles. The Morgan fingerprint density at radius 2 is 1.97 bits per heavy atom. The van der Waals surface area contributed by atoms with Gasteiger partial charge in [-0.2, -0.15) is 5.10 Å². The summed E-state index contributed by atoms with van der Waals surface area (Å²) in [6.45, 7) is 2.83.